The summed E-state index contributed by atoms with van der Waals surface area (Å²) in [7, 11) is 0. The number of nitrogen functional groups attached to an aromatic ring is 2. The Morgan fingerprint density at radius 2 is 2.00 bits per heavy atom. The fraction of sp³-hybridized carbons (Fsp3) is 0.111. The molecule has 7 heteroatoms. The molecule has 5 N–H and O–H groups in total. The third-order valence-corrected chi connectivity index (χ3v) is 3.71. The van der Waals surface area contributed by atoms with Gasteiger partial charge in [-0.3, -0.25) is 4.79 Å². The van der Waals surface area contributed by atoms with Crippen LogP contribution in [0.15, 0.2) is 54.9 Å². The van der Waals surface area contributed by atoms with Gasteiger partial charge in [0.15, 0.2) is 0 Å². The van der Waals surface area contributed by atoms with Crippen LogP contribution in [0.3, 0.4) is 0 Å². The van der Waals surface area contributed by atoms with Crippen molar-refractivity contribution in [3.8, 4) is 0 Å². The van der Waals surface area contributed by atoms with Crippen LogP contribution < -0.4 is 16.8 Å². The average Bonchev–Trinajstić information content (AvgIpc) is 3.00. The van der Waals surface area contributed by atoms with E-state index in [0.717, 1.165) is 11.1 Å². The van der Waals surface area contributed by atoms with E-state index in [1.165, 1.54) is 18.2 Å². The number of anilines is 2. The van der Waals surface area contributed by atoms with Gasteiger partial charge in [0.2, 0.25) is 0 Å². The number of hydrogen-bond acceptors (Lipinski definition) is 4. The molecule has 0 unspecified atom stereocenters. The number of amides is 1. The van der Waals surface area contributed by atoms with Gasteiger partial charge in [-0.25, -0.2) is 9.37 Å². The van der Waals surface area contributed by atoms with Crippen molar-refractivity contribution in [2.75, 3.05) is 11.5 Å². The Kier molecular flexibility index (Phi) is 4.65. The Balaban J connectivity index is 1.60. The van der Waals surface area contributed by atoms with Crippen LogP contribution in [-0.4, -0.2) is 15.5 Å². The Bertz CT molecular complexity index is 906. The highest BCUT2D eigenvalue weighted by atomic mass is 19.1. The number of nitrogens with two attached hydrogens (primary N) is 2. The summed E-state index contributed by atoms with van der Waals surface area (Å²) in [5, 5.41) is 2.79. The number of pyridine rings is 1. The molecule has 6 nitrogen and oxygen atoms in total. The van der Waals surface area contributed by atoms with E-state index in [1.54, 1.807) is 12.1 Å². The molecule has 2 aromatic heterocycles. The van der Waals surface area contributed by atoms with Crippen molar-refractivity contribution in [3.05, 3.63) is 77.4 Å². The number of carbonyl (C=O) groups is 1. The zero-order valence-corrected chi connectivity index (χ0v) is 13.4. The molecule has 0 saturated heterocycles. The predicted octanol–water partition coefficient (Wildman–Crippen LogP) is 2.16. The highest BCUT2D eigenvalue weighted by Crippen LogP contribution is 2.12. The van der Waals surface area contributed by atoms with Crippen LogP contribution >= 0.6 is 0 Å². The number of carbonyl (C=O) groups excluding carboxylic acids is 1. The highest BCUT2D eigenvalue weighted by molar-refractivity contribution is 5.98. The van der Waals surface area contributed by atoms with Crippen LogP contribution in [-0.2, 0) is 13.1 Å². The van der Waals surface area contributed by atoms with Gasteiger partial charge in [-0.2, -0.15) is 0 Å². The number of nitrogens with one attached hydrogen (secondary N) is 1. The first kappa shape index (κ1) is 16.5. The molecule has 0 atom stereocenters. The lowest BCUT2D eigenvalue weighted by Gasteiger charge is -2.07. The molecule has 0 aliphatic heterocycles. The van der Waals surface area contributed by atoms with E-state index in [1.807, 2.05) is 29.1 Å². The van der Waals surface area contributed by atoms with Crippen LogP contribution in [0.2, 0.25) is 0 Å². The number of hydrogen-bond donors (Lipinski definition) is 3. The van der Waals surface area contributed by atoms with E-state index in [-0.39, 0.29) is 28.9 Å². The molecule has 128 valence electrons. The second-order valence-electron chi connectivity index (χ2n) is 5.67. The van der Waals surface area contributed by atoms with Gasteiger partial charge in [-0.1, -0.05) is 12.1 Å². The summed E-state index contributed by atoms with van der Waals surface area (Å²) in [5.74, 6) is -0.209. The van der Waals surface area contributed by atoms with Gasteiger partial charge in [0.25, 0.3) is 5.91 Å². The molecule has 0 aliphatic carbocycles. The van der Waals surface area contributed by atoms with Crippen LogP contribution in [0.1, 0.15) is 21.5 Å². The summed E-state index contributed by atoms with van der Waals surface area (Å²) >= 11 is 0. The minimum Gasteiger partial charge on any atom is -0.384 e. The maximum absolute atomic E-state index is 13.2. The molecule has 0 spiro atoms. The monoisotopic (exact) mass is 339 g/mol. The fourth-order valence-corrected chi connectivity index (χ4v) is 2.50. The van der Waals surface area contributed by atoms with Crippen LogP contribution in [0.25, 0.3) is 0 Å². The fourth-order valence-electron chi connectivity index (χ4n) is 2.50. The smallest absolute Gasteiger partial charge is 0.255 e. The Labute approximate surface area is 144 Å². The highest BCUT2D eigenvalue weighted by Gasteiger charge is 2.11. The molecule has 3 aromatic rings. The Hall–Kier alpha value is -3.35. The minimum absolute atomic E-state index is 0.0983. The number of aromatic nitrogens is 2. The Morgan fingerprint density at radius 1 is 1.16 bits per heavy atom. The molecule has 0 radical (unpaired) electrons. The van der Waals surface area contributed by atoms with E-state index in [9.17, 15) is 9.18 Å². The summed E-state index contributed by atoms with van der Waals surface area (Å²) in [6, 6.07) is 11.4. The van der Waals surface area contributed by atoms with Crippen molar-refractivity contribution in [2.24, 2.45) is 0 Å². The molecular formula is C18H18FN5O. The second-order valence-corrected chi connectivity index (χ2v) is 5.67. The molecule has 25 heavy (non-hydrogen) atoms. The van der Waals surface area contributed by atoms with E-state index < -0.39 is 0 Å². The summed E-state index contributed by atoms with van der Waals surface area (Å²) in [5.41, 5.74) is 13.3. The molecule has 3 rings (SSSR count). The van der Waals surface area contributed by atoms with Crippen LogP contribution in [0, 0.1) is 5.82 Å². The van der Waals surface area contributed by atoms with Crippen molar-refractivity contribution < 1.29 is 9.18 Å². The van der Waals surface area contributed by atoms with Crippen LogP contribution in [0.5, 0.6) is 0 Å². The van der Waals surface area contributed by atoms with Gasteiger partial charge in [0.1, 0.15) is 17.5 Å². The van der Waals surface area contributed by atoms with Crippen molar-refractivity contribution in [2.45, 2.75) is 13.1 Å². The standard InChI is InChI=1S/C18H18FN5O/c19-14-3-1-2-12(8-14)10-24-7-6-13(11-24)9-22-18(25)15-4-5-16(20)23-17(15)21/h1-8,11H,9-10H2,(H,22,25)(H4,20,21,23). The van der Waals surface area contributed by atoms with E-state index in [4.69, 9.17) is 11.5 Å². The Morgan fingerprint density at radius 3 is 2.76 bits per heavy atom. The maximum atomic E-state index is 13.2. The van der Waals surface area contributed by atoms with Gasteiger partial charge in [-0.15, -0.1) is 0 Å². The lowest BCUT2D eigenvalue weighted by atomic mass is 10.2. The number of nitrogens with zero attached hydrogens (tertiary/aromatic N) is 2. The van der Waals surface area contributed by atoms with Gasteiger partial charge < -0.3 is 21.4 Å². The van der Waals surface area contributed by atoms with E-state index in [0.29, 0.717) is 13.1 Å². The minimum atomic E-state index is -0.317. The molecule has 0 fully saturated rings. The molecule has 0 bridgehead atoms. The topological polar surface area (TPSA) is 99.0 Å². The summed E-state index contributed by atoms with van der Waals surface area (Å²) in [6.45, 7) is 0.902. The van der Waals surface area contributed by atoms with Gasteiger partial charge in [0, 0.05) is 25.5 Å². The zero-order valence-electron chi connectivity index (χ0n) is 13.4. The number of benzene rings is 1. The molecule has 0 saturated carbocycles. The van der Waals surface area contributed by atoms with E-state index in [2.05, 4.69) is 10.3 Å². The summed E-state index contributed by atoms with van der Waals surface area (Å²) in [4.78, 5) is 16.0. The van der Waals surface area contributed by atoms with E-state index >= 15 is 0 Å². The zero-order chi connectivity index (χ0) is 17.8. The van der Waals surface area contributed by atoms with Gasteiger partial charge in [-0.05, 0) is 41.5 Å². The van der Waals surface area contributed by atoms with Crippen molar-refractivity contribution >= 4 is 17.5 Å². The second kappa shape index (κ2) is 7.04. The normalized spacial score (nSPS) is 10.6. The van der Waals surface area contributed by atoms with Crippen molar-refractivity contribution in [3.63, 3.8) is 0 Å². The SMILES string of the molecule is Nc1ccc(C(=O)NCc2ccn(Cc3cccc(F)c3)c2)c(N)n1. The molecule has 1 amide bonds. The summed E-state index contributed by atoms with van der Waals surface area (Å²) < 4.78 is 15.1. The number of rotatable bonds is 5. The quantitative estimate of drug-likeness (QED) is 0.663. The first-order valence-electron chi connectivity index (χ1n) is 7.70. The number of halogens is 1. The predicted molar refractivity (Wildman–Crippen MR) is 94.2 cm³/mol. The largest absolute Gasteiger partial charge is 0.384 e. The lowest BCUT2D eigenvalue weighted by molar-refractivity contribution is 0.0951. The average molecular weight is 339 g/mol. The molecular weight excluding hydrogens is 321 g/mol. The molecule has 2 heterocycles. The van der Waals surface area contributed by atoms with Crippen LogP contribution in [0.4, 0.5) is 16.0 Å². The lowest BCUT2D eigenvalue weighted by Crippen LogP contribution is -2.24. The third-order valence-electron chi connectivity index (χ3n) is 3.71. The third kappa shape index (κ3) is 4.14. The van der Waals surface area contributed by atoms with Gasteiger partial charge in [0.05, 0.1) is 5.56 Å². The molecule has 0 aliphatic rings. The first-order chi connectivity index (χ1) is 12.0. The summed E-state index contributed by atoms with van der Waals surface area (Å²) in [6.07, 6.45) is 3.78. The van der Waals surface area contributed by atoms with Crippen molar-refractivity contribution in [1.82, 2.24) is 14.9 Å². The molecule has 1 aromatic carbocycles. The van der Waals surface area contributed by atoms with Gasteiger partial charge >= 0.3 is 0 Å². The maximum Gasteiger partial charge on any atom is 0.255 e. The first-order valence-corrected chi connectivity index (χ1v) is 7.70. The van der Waals surface area contributed by atoms with Crippen molar-refractivity contribution in [1.29, 1.82) is 0 Å².